The third-order valence-electron chi connectivity index (χ3n) is 5.44. The molecule has 0 unspecified atom stereocenters. The molecule has 0 radical (unpaired) electrons. The van der Waals surface area contributed by atoms with Gasteiger partial charge in [-0.2, -0.15) is 0 Å². The lowest BCUT2D eigenvalue weighted by Gasteiger charge is -2.48. The summed E-state index contributed by atoms with van der Waals surface area (Å²) >= 11 is 0. The molecule has 0 spiro atoms. The van der Waals surface area contributed by atoms with Crippen molar-refractivity contribution in [1.29, 1.82) is 0 Å². The fourth-order valence-electron chi connectivity index (χ4n) is 4.67. The molecule has 19 heavy (non-hydrogen) atoms. The summed E-state index contributed by atoms with van der Waals surface area (Å²) in [4.78, 5) is 8.13. The summed E-state index contributed by atoms with van der Waals surface area (Å²) < 4.78 is 0. The van der Waals surface area contributed by atoms with Crippen LogP contribution in [0.1, 0.15) is 78.1 Å². The second-order valence-electron chi connectivity index (χ2n) is 6.60. The van der Waals surface area contributed by atoms with Crippen LogP contribution in [0.4, 0.5) is 0 Å². The second kappa shape index (κ2) is 7.80. The Balaban J connectivity index is 2.16. The second-order valence-corrected chi connectivity index (χ2v) is 10.7. The fourth-order valence-corrected chi connectivity index (χ4v) is 10.4. The van der Waals surface area contributed by atoms with Crippen molar-refractivity contribution < 1.29 is 0 Å². The summed E-state index contributed by atoms with van der Waals surface area (Å²) in [5.74, 6) is 0. The molecule has 0 bridgehead atoms. The number of nitrogens with one attached hydrogen (secondary N) is 2. The predicted octanol–water partition coefficient (Wildman–Crippen LogP) is 4.32. The maximum absolute atomic E-state index is 4.06. The first kappa shape index (κ1) is 15.5. The zero-order valence-corrected chi connectivity index (χ0v) is 14.1. The minimum absolute atomic E-state index is 0.990. The topological polar surface area (TPSA) is 24.1 Å². The summed E-state index contributed by atoms with van der Waals surface area (Å²) in [7, 11) is -1.49. The zero-order valence-electron chi connectivity index (χ0n) is 13.1. The maximum atomic E-state index is 4.06. The Kier molecular flexibility index (Phi) is 6.37. The van der Waals surface area contributed by atoms with Gasteiger partial charge in [-0.05, 0) is 24.2 Å². The Bertz CT molecular complexity index is 219. The van der Waals surface area contributed by atoms with Crippen molar-refractivity contribution in [3.8, 4) is 0 Å². The average Bonchev–Trinajstić information content (AvgIpc) is 2.49. The first-order chi connectivity index (χ1) is 9.33. The van der Waals surface area contributed by atoms with Crippen LogP contribution < -0.4 is 9.96 Å². The SMILES string of the molecule is CCN[Si](NCC)(C1CCCCC1)C1CCCCC1. The van der Waals surface area contributed by atoms with Gasteiger partial charge in [0.2, 0.25) is 8.40 Å². The lowest BCUT2D eigenvalue weighted by atomic mass is 9.99. The van der Waals surface area contributed by atoms with Gasteiger partial charge in [0.25, 0.3) is 0 Å². The predicted molar refractivity (Wildman–Crippen MR) is 86.8 cm³/mol. The molecule has 0 atom stereocenters. The molecular formula is C16H34N2Si. The summed E-state index contributed by atoms with van der Waals surface area (Å²) in [6.45, 7) is 6.94. The lowest BCUT2D eigenvalue weighted by molar-refractivity contribution is 0.433. The van der Waals surface area contributed by atoms with Crippen LogP contribution in [0.15, 0.2) is 0 Å². The van der Waals surface area contributed by atoms with Gasteiger partial charge in [0.15, 0.2) is 0 Å². The summed E-state index contributed by atoms with van der Waals surface area (Å²) in [6.07, 6.45) is 14.8. The van der Waals surface area contributed by atoms with Crippen molar-refractivity contribution in [2.45, 2.75) is 89.1 Å². The average molecular weight is 283 g/mol. The number of hydrogen-bond acceptors (Lipinski definition) is 2. The number of rotatable bonds is 6. The fraction of sp³-hybridized carbons (Fsp3) is 1.00. The third-order valence-corrected chi connectivity index (χ3v) is 11.0. The lowest BCUT2D eigenvalue weighted by Crippen LogP contribution is -2.68. The highest BCUT2D eigenvalue weighted by atomic mass is 28.3. The van der Waals surface area contributed by atoms with E-state index in [9.17, 15) is 0 Å². The van der Waals surface area contributed by atoms with E-state index in [2.05, 4.69) is 23.8 Å². The molecule has 2 aliphatic carbocycles. The van der Waals surface area contributed by atoms with Crippen molar-refractivity contribution >= 4 is 8.40 Å². The molecule has 0 aromatic rings. The molecule has 2 fully saturated rings. The van der Waals surface area contributed by atoms with Crippen molar-refractivity contribution in [3.63, 3.8) is 0 Å². The molecule has 0 saturated heterocycles. The van der Waals surface area contributed by atoms with Gasteiger partial charge in [0.1, 0.15) is 0 Å². The highest BCUT2D eigenvalue weighted by molar-refractivity contribution is 6.78. The molecule has 3 heteroatoms. The third kappa shape index (κ3) is 3.62. The normalized spacial score (nSPS) is 23.7. The molecule has 2 saturated carbocycles. The molecule has 0 heterocycles. The molecule has 2 aliphatic rings. The molecular weight excluding hydrogens is 248 g/mol. The minimum atomic E-state index is -1.49. The first-order valence-corrected chi connectivity index (χ1v) is 11.0. The largest absolute Gasteiger partial charge is 0.325 e. The van der Waals surface area contributed by atoms with Gasteiger partial charge in [-0.25, -0.2) is 0 Å². The monoisotopic (exact) mass is 282 g/mol. The van der Waals surface area contributed by atoms with E-state index in [0.717, 1.165) is 24.2 Å². The first-order valence-electron chi connectivity index (χ1n) is 8.83. The van der Waals surface area contributed by atoms with Gasteiger partial charge in [0.05, 0.1) is 0 Å². The molecule has 0 aromatic carbocycles. The van der Waals surface area contributed by atoms with Crippen LogP contribution in [0, 0.1) is 0 Å². The zero-order chi connectivity index (χ0) is 13.6. The van der Waals surface area contributed by atoms with Crippen molar-refractivity contribution in [1.82, 2.24) is 9.96 Å². The van der Waals surface area contributed by atoms with Gasteiger partial charge in [-0.1, -0.05) is 78.1 Å². The summed E-state index contributed by atoms with van der Waals surface area (Å²) in [6, 6.07) is 0. The van der Waals surface area contributed by atoms with Crippen LogP contribution in [0.5, 0.6) is 0 Å². The van der Waals surface area contributed by atoms with Crippen LogP contribution >= 0.6 is 0 Å². The van der Waals surface area contributed by atoms with Crippen LogP contribution in [-0.4, -0.2) is 21.5 Å². The van der Waals surface area contributed by atoms with E-state index in [4.69, 9.17) is 0 Å². The van der Waals surface area contributed by atoms with E-state index in [-0.39, 0.29) is 0 Å². The van der Waals surface area contributed by atoms with Crippen molar-refractivity contribution in [3.05, 3.63) is 0 Å². The van der Waals surface area contributed by atoms with Gasteiger partial charge in [0, 0.05) is 0 Å². The molecule has 2 rings (SSSR count). The van der Waals surface area contributed by atoms with Gasteiger partial charge >= 0.3 is 0 Å². The van der Waals surface area contributed by atoms with E-state index >= 15 is 0 Å². The highest BCUT2D eigenvalue weighted by Gasteiger charge is 2.47. The highest BCUT2D eigenvalue weighted by Crippen LogP contribution is 2.45. The Morgan fingerprint density at radius 2 is 1.05 bits per heavy atom. The Morgan fingerprint density at radius 1 is 0.684 bits per heavy atom. The van der Waals surface area contributed by atoms with Crippen LogP contribution in [0.3, 0.4) is 0 Å². The minimum Gasteiger partial charge on any atom is -0.325 e. The van der Waals surface area contributed by atoms with Gasteiger partial charge in [-0.3, -0.25) is 0 Å². The quantitative estimate of drug-likeness (QED) is 0.709. The molecule has 0 aromatic heterocycles. The Morgan fingerprint density at radius 3 is 1.37 bits per heavy atom. The molecule has 2 nitrogen and oxygen atoms in total. The molecule has 0 amide bonds. The molecule has 2 N–H and O–H groups in total. The van der Waals surface area contributed by atoms with Crippen LogP contribution in [-0.2, 0) is 0 Å². The van der Waals surface area contributed by atoms with E-state index < -0.39 is 8.40 Å². The van der Waals surface area contributed by atoms with E-state index in [1.54, 1.807) is 0 Å². The standard InChI is InChI=1S/C16H34N2Si/c1-3-17-19(18-4-2,15-11-7-5-8-12-15)16-13-9-6-10-14-16/h15-18H,3-14H2,1-2H3. The van der Waals surface area contributed by atoms with Gasteiger partial charge < -0.3 is 9.96 Å². The van der Waals surface area contributed by atoms with E-state index in [0.29, 0.717) is 0 Å². The van der Waals surface area contributed by atoms with Crippen LogP contribution in [0.25, 0.3) is 0 Å². The summed E-state index contributed by atoms with van der Waals surface area (Å²) in [5.41, 5.74) is 1.98. The Hall–Kier alpha value is 0.137. The van der Waals surface area contributed by atoms with E-state index in [1.807, 2.05) is 0 Å². The summed E-state index contributed by atoms with van der Waals surface area (Å²) in [5, 5.41) is 0. The molecule has 0 aliphatic heterocycles. The van der Waals surface area contributed by atoms with Crippen LogP contribution in [0.2, 0.25) is 11.1 Å². The van der Waals surface area contributed by atoms with Crippen molar-refractivity contribution in [2.24, 2.45) is 0 Å². The van der Waals surface area contributed by atoms with Gasteiger partial charge in [-0.15, -0.1) is 0 Å². The van der Waals surface area contributed by atoms with Crippen molar-refractivity contribution in [2.75, 3.05) is 13.1 Å². The Labute approximate surface area is 121 Å². The smallest absolute Gasteiger partial charge is 0.207 e. The van der Waals surface area contributed by atoms with E-state index in [1.165, 1.54) is 64.2 Å². The maximum Gasteiger partial charge on any atom is 0.207 e. The number of hydrogen-bond donors (Lipinski definition) is 2. The molecule has 112 valence electrons.